The Morgan fingerprint density at radius 3 is 2.74 bits per heavy atom. The zero-order valence-electron chi connectivity index (χ0n) is 14.3. The van der Waals surface area contributed by atoms with E-state index in [1.165, 1.54) is 18.2 Å². The molecule has 0 saturated carbocycles. The van der Waals surface area contributed by atoms with Crippen molar-refractivity contribution in [3.8, 4) is 0 Å². The number of aliphatic hydroxyl groups excluding tert-OH is 1. The third-order valence-corrected chi connectivity index (χ3v) is 4.15. The van der Waals surface area contributed by atoms with Crippen molar-refractivity contribution in [3.63, 3.8) is 0 Å². The van der Waals surface area contributed by atoms with Gasteiger partial charge in [0.05, 0.1) is 6.10 Å². The minimum Gasteiger partial charge on any atom is -0.387 e. The summed E-state index contributed by atoms with van der Waals surface area (Å²) in [4.78, 5) is 35.3. The van der Waals surface area contributed by atoms with Crippen LogP contribution in [0.1, 0.15) is 23.7 Å². The number of fused-ring (bicyclic) bond motifs is 1. The fourth-order valence-electron chi connectivity index (χ4n) is 2.75. The summed E-state index contributed by atoms with van der Waals surface area (Å²) < 4.78 is 13.2. The van der Waals surface area contributed by atoms with Crippen LogP contribution in [0.5, 0.6) is 0 Å². The number of rotatable bonds is 4. The molecule has 0 fully saturated rings. The van der Waals surface area contributed by atoms with Crippen molar-refractivity contribution in [1.82, 2.24) is 5.32 Å². The first-order chi connectivity index (χ1) is 12.9. The Labute approximate surface area is 154 Å². The van der Waals surface area contributed by atoms with Crippen LogP contribution in [0.2, 0.25) is 0 Å². The smallest absolute Gasteiger partial charge is 0.313 e. The van der Waals surface area contributed by atoms with Crippen LogP contribution in [0, 0.1) is 5.82 Å². The SMILES string of the molecule is O=C1CCc2cc(NC(=O)C(=O)NCC(O)c3cccc(F)c3)ccc2N1. The maximum atomic E-state index is 13.2. The third-order valence-electron chi connectivity index (χ3n) is 4.15. The maximum Gasteiger partial charge on any atom is 0.313 e. The summed E-state index contributed by atoms with van der Waals surface area (Å²) in [6, 6.07) is 10.3. The molecule has 1 heterocycles. The van der Waals surface area contributed by atoms with Crippen LogP contribution in [-0.4, -0.2) is 29.4 Å². The maximum absolute atomic E-state index is 13.2. The van der Waals surface area contributed by atoms with Crippen LogP contribution in [0.4, 0.5) is 15.8 Å². The first kappa shape index (κ1) is 18.5. The molecule has 0 aliphatic carbocycles. The first-order valence-corrected chi connectivity index (χ1v) is 8.38. The molecule has 0 spiro atoms. The van der Waals surface area contributed by atoms with Gasteiger partial charge in [0.1, 0.15) is 5.82 Å². The Morgan fingerprint density at radius 2 is 1.96 bits per heavy atom. The number of carbonyl (C=O) groups is 3. The van der Waals surface area contributed by atoms with E-state index in [2.05, 4.69) is 16.0 Å². The molecule has 3 amide bonds. The van der Waals surface area contributed by atoms with Gasteiger partial charge in [-0.3, -0.25) is 14.4 Å². The Kier molecular flexibility index (Phi) is 5.46. The molecule has 3 rings (SSSR count). The van der Waals surface area contributed by atoms with Gasteiger partial charge in [0.15, 0.2) is 0 Å². The Hall–Kier alpha value is -3.26. The molecule has 2 aromatic carbocycles. The van der Waals surface area contributed by atoms with E-state index >= 15 is 0 Å². The summed E-state index contributed by atoms with van der Waals surface area (Å²) in [7, 11) is 0. The number of hydrogen-bond acceptors (Lipinski definition) is 4. The molecule has 27 heavy (non-hydrogen) atoms. The van der Waals surface area contributed by atoms with Crippen LogP contribution in [0.25, 0.3) is 0 Å². The Balaban J connectivity index is 1.55. The number of aryl methyl sites for hydroxylation is 1. The number of nitrogens with one attached hydrogen (secondary N) is 3. The van der Waals surface area contributed by atoms with Crippen LogP contribution in [-0.2, 0) is 20.8 Å². The quantitative estimate of drug-likeness (QED) is 0.611. The van der Waals surface area contributed by atoms with E-state index in [1.54, 1.807) is 18.2 Å². The highest BCUT2D eigenvalue weighted by atomic mass is 19.1. The van der Waals surface area contributed by atoms with Gasteiger partial charge in [-0.15, -0.1) is 0 Å². The summed E-state index contributed by atoms with van der Waals surface area (Å²) in [5.41, 5.74) is 2.28. The molecule has 1 aliphatic heterocycles. The number of amides is 3. The largest absolute Gasteiger partial charge is 0.387 e. The van der Waals surface area contributed by atoms with Crippen molar-refractivity contribution >= 4 is 29.1 Å². The molecular weight excluding hydrogens is 353 g/mol. The lowest BCUT2D eigenvalue weighted by Crippen LogP contribution is -2.37. The van der Waals surface area contributed by atoms with E-state index in [-0.39, 0.29) is 12.5 Å². The van der Waals surface area contributed by atoms with Gasteiger partial charge in [0.2, 0.25) is 5.91 Å². The zero-order chi connectivity index (χ0) is 19.4. The van der Waals surface area contributed by atoms with Crippen molar-refractivity contribution in [3.05, 3.63) is 59.4 Å². The molecule has 1 atom stereocenters. The molecule has 2 aromatic rings. The normalized spacial score (nSPS) is 13.9. The lowest BCUT2D eigenvalue weighted by molar-refractivity contribution is -0.136. The summed E-state index contributed by atoms with van der Waals surface area (Å²) in [5, 5.41) is 17.5. The van der Waals surface area contributed by atoms with E-state index in [4.69, 9.17) is 0 Å². The average Bonchev–Trinajstić information content (AvgIpc) is 2.65. The molecular formula is C19H18FN3O4. The van der Waals surface area contributed by atoms with Crippen molar-refractivity contribution in [1.29, 1.82) is 0 Å². The molecule has 0 aromatic heterocycles. The highest BCUT2D eigenvalue weighted by Crippen LogP contribution is 2.25. The summed E-state index contributed by atoms with van der Waals surface area (Å²) in [6.07, 6.45) is -0.218. The van der Waals surface area contributed by atoms with Crippen molar-refractivity contribution in [2.75, 3.05) is 17.2 Å². The van der Waals surface area contributed by atoms with Gasteiger partial charge < -0.3 is 21.1 Å². The van der Waals surface area contributed by atoms with E-state index < -0.39 is 23.7 Å². The summed E-state index contributed by atoms with van der Waals surface area (Å²) in [6.45, 7) is -0.230. The standard InChI is InChI=1S/C19H18FN3O4/c20-13-3-1-2-12(8-13)16(24)10-21-18(26)19(27)22-14-5-6-15-11(9-14)4-7-17(25)23-15/h1-3,5-6,8-9,16,24H,4,7,10H2,(H,21,26)(H,22,27)(H,23,25). The van der Waals surface area contributed by atoms with E-state index in [0.717, 1.165) is 11.6 Å². The molecule has 0 bridgehead atoms. The molecule has 8 heteroatoms. The van der Waals surface area contributed by atoms with Crippen LogP contribution in [0.15, 0.2) is 42.5 Å². The number of hydrogen-bond donors (Lipinski definition) is 4. The molecule has 0 radical (unpaired) electrons. The topological polar surface area (TPSA) is 108 Å². The van der Waals surface area contributed by atoms with Gasteiger partial charge in [-0.1, -0.05) is 12.1 Å². The van der Waals surface area contributed by atoms with Gasteiger partial charge >= 0.3 is 11.8 Å². The second-order valence-corrected chi connectivity index (χ2v) is 6.16. The van der Waals surface area contributed by atoms with Gasteiger partial charge in [-0.25, -0.2) is 4.39 Å². The second-order valence-electron chi connectivity index (χ2n) is 6.16. The minimum atomic E-state index is -1.13. The molecule has 1 aliphatic rings. The number of benzene rings is 2. The van der Waals surface area contributed by atoms with Gasteiger partial charge in [0.25, 0.3) is 0 Å². The first-order valence-electron chi connectivity index (χ1n) is 8.38. The predicted molar refractivity (Wildman–Crippen MR) is 96.4 cm³/mol. The summed E-state index contributed by atoms with van der Waals surface area (Å²) >= 11 is 0. The van der Waals surface area contributed by atoms with E-state index in [9.17, 15) is 23.9 Å². The molecule has 4 N–H and O–H groups in total. The number of carbonyl (C=O) groups excluding carboxylic acids is 3. The number of anilines is 2. The minimum absolute atomic E-state index is 0.0597. The van der Waals surface area contributed by atoms with Crippen LogP contribution in [0.3, 0.4) is 0 Å². The number of halogens is 1. The van der Waals surface area contributed by atoms with Crippen molar-refractivity contribution in [2.24, 2.45) is 0 Å². The summed E-state index contributed by atoms with van der Waals surface area (Å²) in [5.74, 6) is -2.37. The number of aliphatic hydroxyl groups is 1. The monoisotopic (exact) mass is 371 g/mol. The molecule has 7 nitrogen and oxygen atoms in total. The molecule has 0 saturated heterocycles. The molecule has 1 unspecified atom stereocenters. The van der Waals surface area contributed by atoms with E-state index in [0.29, 0.717) is 29.8 Å². The Bertz CT molecular complexity index is 900. The van der Waals surface area contributed by atoms with Gasteiger partial charge in [-0.05, 0) is 47.9 Å². The average molecular weight is 371 g/mol. The Morgan fingerprint density at radius 1 is 1.15 bits per heavy atom. The lowest BCUT2D eigenvalue weighted by atomic mass is 10.0. The van der Waals surface area contributed by atoms with Crippen molar-refractivity contribution in [2.45, 2.75) is 18.9 Å². The van der Waals surface area contributed by atoms with E-state index in [1.807, 2.05) is 0 Å². The van der Waals surface area contributed by atoms with Crippen LogP contribution >= 0.6 is 0 Å². The highest BCUT2D eigenvalue weighted by molar-refractivity contribution is 6.39. The lowest BCUT2D eigenvalue weighted by Gasteiger charge is -2.17. The zero-order valence-corrected chi connectivity index (χ0v) is 14.3. The third kappa shape index (κ3) is 4.68. The predicted octanol–water partition coefficient (Wildman–Crippen LogP) is 1.50. The fraction of sp³-hybridized carbons (Fsp3) is 0.211. The molecule has 140 valence electrons. The fourth-order valence-corrected chi connectivity index (χ4v) is 2.75. The van der Waals surface area contributed by atoms with Gasteiger partial charge in [-0.2, -0.15) is 0 Å². The van der Waals surface area contributed by atoms with Crippen LogP contribution < -0.4 is 16.0 Å². The van der Waals surface area contributed by atoms with Crippen molar-refractivity contribution < 1.29 is 23.9 Å². The second kappa shape index (κ2) is 7.96. The highest BCUT2D eigenvalue weighted by Gasteiger charge is 2.18. The van der Waals surface area contributed by atoms with Gasteiger partial charge in [0, 0.05) is 24.3 Å².